The van der Waals surface area contributed by atoms with E-state index in [1.165, 1.54) is 52.8 Å². The number of hydrogen-bond acceptors (Lipinski definition) is 3. The summed E-state index contributed by atoms with van der Waals surface area (Å²) >= 11 is 1.85. The Hall–Kier alpha value is -6.42. The molecule has 0 atom stereocenters. The molecule has 10 rings (SSSR count). The summed E-state index contributed by atoms with van der Waals surface area (Å²) < 4.78 is 2.60. The predicted octanol–water partition coefficient (Wildman–Crippen LogP) is 13.5. The lowest BCUT2D eigenvalue weighted by Gasteiger charge is -2.14. The van der Waals surface area contributed by atoms with E-state index in [0.717, 1.165) is 39.2 Å². The van der Waals surface area contributed by atoms with Crippen molar-refractivity contribution in [3.63, 3.8) is 0 Å². The molecule has 0 amide bonds. The summed E-state index contributed by atoms with van der Waals surface area (Å²) in [6.45, 7) is 0. The second-order valence-corrected chi connectivity index (χ2v) is 14.1. The van der Waals surface area contributed by atoms with Gasteiger partial charge in [-0.1, -0.05) is 133 Å². The fraction of sp³-hybridized carbons (Fsp3) is 0. The van der Waals surface area contributed by atoms with Gasteiger partial charge in [-0.2, -0.15) is 0 Å². The van der Waals surface area contributed by atoms with Gasteiger partial charge in [-0.05, 0) is 92.3 Å². The first-order valence-electron chi connectivity index (χ1n) is 17.2. The van der Waals surface area contributed by atoms with Crippen molar-refractivity contribution in [1.29, 1.82) is 0 Å². The van der Waals surface area contributed by atoms with Crippen LogP contribution >= 0.6 is 11.3 Å². The van der Waals surface area contributed by atoms with Crippen molar-refractivity contribution in [3.05, 3.63) is 182 Å². The molecule has 0 aliphatic carbocycles. The van der Waals surface area contributed by atoms with Crippen LogP contribution in [0.5, 0.6) is 0 Å². The Balaban J connectivity index is 1.20. The van der Waals surface area contributed by atoms with E-state index in [1.54, 1.807) is 0 Å². The minimum absolute atomic E-state index is 0.709. The molecule has 0 radical (unpaired) electrons. The number of benzene rings is 8. The van der Waals surface area contributed by atoms with Gasteiger partial charge < -0.3 is 0 Å². The fourth-order valence-electron chi connectivity index (χ4n) is 7.19. The van der Waals surface area contributed by atoms with Gasteiger partial charge in [0.2, 0.25) is 0 Å². The predicted molar refractivity (Wildman–Crippen MR) is 217 cm³/mol. The molecule has 0 aliphatic rings. The first kappa shape index (κ1) is 29.5. The van der Waals surface area contributed by atoms with Crippen LogP contribution in [0, 0.1) is 0 Å². The Bertz CT molecular complexity index is 2920. The number of nitrogens with zero attached hydrogens (tertiary/aromatic N) is 2. The zero-order valence-electron chi connectivity index (χ0n) is 27.6. The highest BCUT2D eigenvalue weighted by Crippen LogP contribution is 2.39. The van der Waals surface area contributed by atoms with Crippen LogP contribution in [0.15, 0.2) is 182 Å². The molecule has 0 aliphatic heterocycles. The zero-order chi connectivity index (χ0) is 33.7. The van der Waals surface area contributed by atoms with Crippen LogP contribution in [-0.2, 0) is 0 Å². The van der Waals surface area contributed by atoms with E-state index < -0.39 is 0 Å². The van der Waals surface area contributed by atoms with Gasteiger partial charge in [0.25, 0.3) is 0 Å². The van der Waals surface area contributed by atoms with Crippen molar-refractivity contribution in [2.24, 2.45) is 0 Å². The minimum Gasteiger partial charge on any atom is -0.228 e. The summed E-state index contributed by atoms with van der Waals surface area (Å²) in [7, 11) is 0. The summed E-state index contributed by atoms with van der Waals surface area (Å²) in [6, 6.07) is 65.3. The van der Waals surface area contributed by atoms with Gasteiger partial charge in [0.15, 0.2) is 5.82 Å². The maximum Gasteiger partial charge on any atom is 0.160 e. The summed E-state index contributed by atoms with van der Waals surface area (Å²) in [5.74, 6) is 0.709. The molecular formula is C48H30N2S. The maximum atomic E-state index is 5.25. The summed E-state index contributed by atoms with van der Waals surface area (Å²) in [4.78, 5) is 10.4. The van der Waals surface area contributed by atoms with Gasteiger partial charge in [0.05, 0.1) is 11.4 Å². The van der Waals surface area contributed by atoms with Crippen molar-refractivity contribution < 1.29 is 0 Å². The molecule has 0 N–H and O–H groups in total. The van der Waals surface area contributed by atoms with Gasteiger partial charge in [0, 0.05) is 36.9 Å². The van der Waals surface area contributed by atoms with Gasteiger partial charge >= 0.3 is 0 Å². The molecule has 0 unspecified atom stereocenters. The average molecular weight is 667 g/mol. The maximum absolute atomic E-state index is 5.25. The van der Waals surface area contributed by atoms with Crippen LogP contribution in [0.2, 0.25) is 0 Å². The van der Waals surface area contributed by atoms with E-state index in [1.807, 2.05) is 29.5 Å². The van der Waals surface area contributed by atoms with Crippen LogP contribution in [0.3, 0.4) is 0 Å². The van der Waals surface area contributed by atoms with Crippen LogP contribution < -0.4 is 0 Å². The van der Waals surface area contributed by atoms with Gasteiger partial charge in [0.1, 0.15) is 0 Å². The number of fused-ring (bicyclic) bond motifs is 5. The third-order valence-electron chi connectivity index (χ3n) is 9.83. The van der Waals surface area contributed by atoms with E-state index >= 15 is 0 Å². The largest absolute Gasteiger partial charge is 0.228 e. The Labute approximate surface area is 300 Å². The average Bonchev–Trinajstić information content (AvgIpc) is 3.58. The normalized spacial score (nSPS) is 11.5. The SMILES string of the molecule is c1ccc(-c2nc(-c3cc(-c4ccc5ccccc5c4)cc(-c4ccc5c(c4)sc4ccccc45)c3)cc(-c3ccc4ccccc4c3)n2)cc1. The Kier molecular flexibility index (Phi) is 7.04. The number of rotatable bonds is 5. The third-order valence-corrected chi connectivity index (χ3v) is 11.0. The molecule has 238 valence electrons. The first-order valence-corrected chi connectivity index (χ1v) is 18.0. The lowest BCUT2D eigenvalue weighted by Crippen LogP contribution is -1.96. The number of aromatic nitrogens is 2. The van der Waals surface area contributed by atoms with Crippen molar-refractivity contribution in [1.82, 2.24) is 9.97 Å². The molecule has 8 aromatic carbocycles. The van der Waals surface area contributed by atoms with E-state index in [9.17, 15) is 0 Å². The van der Waals surface area contributed by atoms with Crippen LogP contribution in [-0.4, -0.2) is 9.97 Å². The smallest absolute Gasteiger partial charge is 0.160 e. The molecule has 3 heteroatoms. The molecule has 0 saturated carbocycles. The molecule has 0 spiro atoms. The van der Waals surface area contributed by atoms with E-state index in [2.05, 4.69) is 164 Å². The topological polar surface area (TPSA) is 25.8 Å². The van der Waals surface area contributed by atoms with E-state index in [0.29, 0.717) is 5.82 Å². The standard InChI is InChI=1S/C48H30N2S/c1-2-12-33(13-3-1)48-49-44(38-21-19-32-11-5-7-15-35(32)25-38)30-45(50-48)41-27-39(36-20-18-31-10-4-6-14-34(31)24-36)26-40(28-41)37-22-23-43-42-16-8-9-17-46(42)51-47(43)29-37/h1-30H. The summed E-state index contributed by atoms with van der Waals surface area (Å²) in [6.07, 6.45) is 0. The molecular weight excluding hydrogens is 637 g/mol. The molecule has 0 bridgehead atoms. The van der Waals surface area contributed by atoms with Gasteiger partial charge in [-0.15, -0.1) is 11.3 Å². The molecule has 2 aromatic heterocycles. The molecule has 0 saturated heterocycles. The molecule has 2 heterocycles. The highest BCUT2D eigenvalue weighted by Gasteiger charge is 2.15. The number of thiophene rings is 1. The Morgan fingerprint density at radius 3 is 1.57 bits per heavy atom. The van der Waals surface area contributed by atoms with Crippen LogP contribution in [0.1, 0.15) is 0 Å². The zero-order valence-corrected chi connectivity index (χ0v) is 28.4. The van der Waals surface area contributed by atoms with Crippen molar-refractivity contribution >= 4 is 53.1 Å². The van der Waals surface area contributed by atoms with Crippen molar-refractivity contribution in [2.45, 2.75) is 0 Å². The summed E-state index contributed by atoms with van der Waals surface area (Å²) in [5, 5.41) is 7.46. The second kappa shape index (κ2) is 12.2. The molecule has 51 heavy (non-hydrogen) atoms. The lowest BCUT2D eigenvalue weighted by molar-refractivity contribution is 1.18. The van der Waals surface area contributed by atoms with Gasteiger partial charge in [-0.3, -0.25) is 0 Å². The highest BCUT2D eigenvalue weighted by atomic mass is 32.1. The van der Waals surface area contributed by atoms with Crippen LogP contribution in [0.4, 0.5) is 0 Å². The molecule has 10 aromatic rings. The van der Waals surface area contributed by atoms with E-state index in [-0.39, 0.29) is 0 Å². The fourth-order valence-corrected chi connectivity index (χ4v) is 8.34. The number of hydrogen-bond donors (Lipinski definition) is 0. The Morgan fingerprint density at radius 2 is 0.824 bits per heavy atom. The van der Waals surface area contributed by atoms with Crippen LogP contribution in [0.25, 0.3) is 97.9 Å². The van der Waals surface area contributed by atoms with E-state index in [4.69, 9.17) is 9.97 Å². The molecule has 0 fully saturated rings. The second-order valence-electron chi connectivity index (χ2n) is 13.1. The van der Waals surface area contributed by atoms with Gasteiger partial charge in [-0.25, -0.2) is 9.97 Å². The quantitative estimate of drug-likeness (QED) is 0.183. The molecule has 2 nitrogen and oxygen atoms in total. The lowest BCUT2D eigenvalue weighted by atomic mass is 9.93. The third kappa shape index (κ3) is 5.45. The summed E-state index contributed by atoms with van der Waals surface area (Å²) in [5.41, 5.74) is 9.55. The minimum atomic E-state index is 0.709. The van der Waals surface area contributed by atoms with Crippen molar-refractivity contribution in [2.75, 3.05) is 0 Å². The van der Waals surface area contributed by atoms with Crippen molar-refractivity contribution in [3.8, 4) is 56.2 Å². The Morgan fingerprint density at radius 1 is 0.294 bits per heavy atom. The first-order chi connectivity index (χ1) is 25.2. The monoisotopic (exact) mass is 666 g/mol. The highest BCUT2D eigenvalue weighted by molar-refractivity contribution is 7.25.